The number of rotatable bonds is 15. The van der Waals surface area contributed by atoms with E-state index in [0.717, 1.165) is 0 Å². The zero-order valence-corrected chi connectivity index (χ0v) is 17.9. The molecule has 0 aromatic heterocycles. The molecule has 0 fully saturated rings. The van der Waals surface area contributed by atoms with Gasteiger partial charge < -0.3 is 42.1 Å². The molecule has 0 saturated heterocycles. The lowest BCUT2D eigenvalue weighted by Gasteiger charge is -2.26. The summed E-state index contributed by atoms with van der Waals surface area (Å²) in [6, 6.07) is -6.21. The highest BCUT2D eigenvalue weighted by Crippen LogP contribution is 2.07. The number of carbonyl (C=O) groups is 7. The largest absolute Gasteiger partial charge is 0.481 e. The zero-order valence-electron chi connectivity index (χ0n) is 17.9. The van der Waals surface area contributed by atoms with Crippen molar-refractivity contribution < 1.29 is 54.0 Å². The number of amides is 3. The van der Waals surface area contributed by atoms with Gasteiger partial charge >= 0.3 is 23.9 Å². The van der Waals surface area contributed by atoms with E-state index in [0.29, 0.717) is 0 Å². The smallest absolute Gasteiger partial charge is 0.326 e. The lowest BCUT2D eigenvalue weighted by Crippen LogP contribution is -2.58. The standard InChI is InChI=1S/C18H28N4O11/c1-7(2)14(17(31)20-9(18(32)33)3-4-11(23)24)22-16(30)10(6-13(27)28)21-15(29)8(19)5-12(25)26/h7-10,14H,3-6,19H2,1-2H3,(H,20,31)(H,21,29)(H,22,30)(H,23,24)(H,25,26)(H,27,28)(H,32,33). The van der Waals surface area contributed by atoms with Gasteiger partial charge in [0.15, 0.2) is 0 Å². The quantitative estimate of drug-likeness (QED) is 0.120. The van der Waals surface area contributed by atoms with Gasteiger partial charge in [-0.3, -0.25) is 28.8 Å². The third kappa shape index (κ3) is 11.4. The minimum atomic E-state index is -1.72. The fourth-order valence-electron chi connectivity index (χ4n) is 2.52. The van der Waals surface area contributed by atoms with Crippen LogP contribution in [-0.4, -0.2) is 86.2 Å². The van der Waals surface area contributed by atoms with Crippen LogP contribution in [0.2, 0.25) is 0 Å². The Kier molecular flexibility index (Phi) is 12.1. The van der Waals surface area contributed by atoms with E-state index in [4.69, 9.17) is 21.1 Å². The maximum atomic E-state index is 12.6. The van der Waals surface area contributed by atoms with Crippen LogP contribution < -0.4 is 21.7 Å². The van der Waals surface area contributed by atoms with Crippen LogP contribution in [0.5, 0.6) is 0 Å². The molecule has 0 aromatic carbocycles. The SMILES string of the molecule is CC(C)C(NC(=O)C(CC(=O)O)NC(=O)C(N)CC(=O)O)C(=O)NC(CCC(=O)O)C(=O)O. The zero-order chi connectivity index (χ0) is 25.9. The molecule has 4 unspecified atom stereocenters. The molecular formula is C18H28N4O11. The highest BCUT2D eigenvalue weighted by atomic mass is 16.4. The first kappa shape index (κ1) is 29.2. The molecule has 186 valence electrons. The van der Waals surface area contributed by atoms with E-state index in [2.05, 4.69) is 10.6 Å². The van der Waals surface area contributed by atoms with Crippen molar-refractivity contribution >= 4 is 41.6 Å². The predicted octanol–water partition coefficient (Wildman–Crippen LogP) is -2.68. The summed E-state index contributed by atoms with van der Waals surface area (Å²) in [5.41, 5.74) is 5.39. The lowest BCUT2D eigenvalue weighted by molar-refractivity contribution is -0.144. The van der Waals surface area contributed by atoms with Gasteiger partial charge in [0.1, 0.15) is 18.1 Å². The highest BCUT2D eigenvalue weighted by Gasteiger charge is 2.33. The van der Waals surface area contributed by atoms with Gasteiger partial charge in [0.05, 0.1) is 18.9 Å². The molecule has 0 aliphatic carbocycles. The van der Waals surface area contributed by atoms with Crippen molar-refractivity contribution in [2.24, 2.45) is 11.7 Å². The van der Waals surface area contributed by atoms with Gasteiger partial charge in [0, 0.05) is 6.42 Å². The normalized spacial score (nSPS) is 14.3. The molecule has 0 aromatic rings. The summed E-state index contributed by atoms with van der Waals surface area (Å²) in [6.07, 6.45) is -2.66. The number of aliphatic carboxylic acids is 4. The number of hydrogen-bond donors (Lipinski definition) is 8. The second kappa shape index (κ2) is 13.6. The fraction of sp³-hybridized carbons (Fsp3) is 0.611. The lowest BCUT2D eigenvalue weighted by atomic mass is 10.0. The molecule has 0 saturated carbocycles. The molecule has 33 heavy (non-hydrogen) atoms. The van der Waals surface area contributed by atoms with E-state index in [1.54, 1.807) is 0 Å². The summed E-state index contributed by atoms with van der Waals surface area (Å²) in [4.78, 5) is 80.9. The molecule has 0 spiro atoms. The van der Waals surface area contributed by atoms with Crippen LogP contribution in [0.1, 0.15) is 39.5 Å². The van der Waals surface area contributed by atoms with E-state index in [9.17, 15) is 38.7 Å². The molecule has 15 heteroatoms. The van der Waals surface area contributed by atoms with Crippen molar-refractivity contribution in [1.82, 2.24) is 16.0 Å². The third-order valence-electron chi connectivity index (χ3n) is 4.25. The van der Waals surface area contributed by atoms with Crippen LogP contribution in [0.4, 0.5) is 0 Å². The van der Waals surface area contributed by atoms with E-state index in [1.165, 1.54) is 13.8 Å². The maximum absolute atomic E-state index is 12.6. The van der Waals surface area contributed by atoms with E-state index in [1.807, 2.05) is 5.32 Å². The summed E-state index contributed by atoms with van der Waals surface area (Å²) < 4.78 is 0. The van der Waals surface area contributed by atoms with Crippen molar-refractivity contribution in [3.05, 3.63) is 0 Å². The fourth-order valence-corrected chi connectivity index (χ4v) is 2.52. The van der Waals surface area contributed by atoms with E-state index < -0.39 is 97.4 Å². The van der Waals surface area contributed by atoms with Gasteiger partial charge in [-0.15, -0.1) is 0 Å². The number of nitrogens with two attached hydrogens (primary N) is 1. The Labute approximate surface area is 187 Å². The summed E-state index contributed by atoms with van der Waals surface area (Å²) in [5.74, 6) is -9.49. The molecule has 0 bridgehead atoms. The van der Waals surface area contributed by atoms with Gasteiger partial charge in [-0.25, -0.2) is 4.79 Å². The molecule has 3 amide bonds. The average Bonchev–Trinajstić information content (AvgIpc) is 2.66. The number of hydrogen-bond acceptors (Lipinski definition) is 8. The van der Waals surface area contributed by atoms with E-state index >= 15 is 0 Å². The molecule has 0 radical (unpaired) electrons. The van der Waals surface area contributed by atoms with Gasteiger partial charge in [-0.05, 0) is 12.3 Å². The topological polar surface area (TPSA) is 263 Å². The molecule has 15 nitrogen and oxygen atoms in total. The molecule has 0 rings (SSSR count). The Morgan fingerprint density at radius 2 is 1.21 bits per heavy atom. The molecule has 0 heterocycles. The summed E-state index contributed by atoms with van der Waals surface area (Å²) in [6.45, 7) is 2.98. The minimum absolute atomic E-state index is 0.422. The Hall–Kier alpha value is -3.75. The Bertz CT molecular complexity index is 783. The van der Waals surface area contributed by atoms with Crippen LogP contribution in [-0.2, 0) is 33.6 Å². The second-order valence-electron chi connectivity index (χ2n) is 7.43. The maximum Gasteiger partial charge on any atom is 0.326 e. The first-order chi connectivity index (χ1) is 15.1. The number of carbonyl (C=O) groups excluding carboxylic acids is 3. The molecular weight excluding hydrogens is 448 g/mol. The summed E-state index contributed by atoms with van der Waals surface area (Å²) in [5, 5.41) is 41.9. The van der Waals surface area contributed by atoms with Crippen molar-refractivity contribution in [3.8, 4) is 0 Å². The Balaban J connectivity index is 5.45. The van der Waals surface area contributed by atoms with Crippen LogP contribution >= 0.6 is 0 Å². The number of carboxylic acid groups (broad SMARTS) is 4. The Morgan fingerprint density at radius 3 is 1.64 bits per heavy atom. The first-order valence-electron chi connectivity index (χ1n) is 9.70. The monoisotopic (exact) mass is 476 g/mol. The van der Waals surface area contributed by atoms with Gasteiger partial charge in [-0.1, -0.05) is 13.8 Å². The molecule has 4 atom stereocenters. The van der Waals surface area contributed by atoms with Crippen LogP contribution in [0.3, 0.4) is 0 Å². The summed E-state index contributed by atoms with van der Waals surface area (Å²) in [7, 11) is 0. The van der Waals surface area contributed by atoms with Crippen molar-refractivity contribution in [3.63, 3.8) is 0 Å². The minimum Gasteiger partial charge on any atom is -0.481 e. The number of nitrogens with one attached hydrogen (secondary N) is 3. The van der Waals surface area contributed by atoms with Crippen LogP contribution in [0.15, 0.2) is 0 Å². The second-order valence-corrected chi connectivity index (χ2v) is 7.43. The molecule has 0 aliphatic rings. The third-order valence-corrected chi connectivity index (χ3v) is 4.25. The van der Waals surface area contributed by atoms with Gasteiger partial charge in [0.2, 0.25) is 17.7 Å². The van der Waals surface area contributed by atoms with Crippen molar-refractivity contribution in [2.75, 3.05) is 0 Å². The van der Waals surface area contributed by atoms with Crippen LogP contribution in [0, 0.1) is 5.92 Å². The van der Waals surface area contributed by atoms with Crippen molar-refractivity contribution in [2.45, 2.75) is 63.7 Å². The first-order valence-corrected chi connectivity index (χ1v) is 9.70. The highest BCUT2D eigenvalue weighted by molar-refractivity contribution is 5.96. The molecule has 0 aliphatic heterocycles. The summed E-state index contributed by atoms with van der Waals surface area (Å²) >= 11 is 0. The number of carboxylic acids is 4. The van der Waals surface area contributed by atoms with Crippen molar-refractivity contribution in [1.29, 1.82) is 0 Å². The molecule has 9 N–H and O–H groups in total. The van der Waals surface area contributed by atoms with Gasteiger partial charge in [-0.2, -0.15) is 0 Å². The average molecular weight is 476 g/mol. The predicted molar refractivity (Wildman–Crippen MR) is 108 cm³/mol. The van der Waals surface area contributed by atoms with Gasteiger partial charge in [0.25, 0.3) is 0 Å². The Morgan fingerprint density at radius 1 is 0.697 bits per heavy atom. The van der Waals surface area contributed by atoms with Crippen LogP contribution in [0.25, 0.3) is 0 Å². The van der Waals surface area contributed by atoms with E-state index in [-0.39, 0.29) is 0 Å².